The Kier molecular flexibility index (Phi) is 9.50. The number of halogens is 1. The van der Waals surface area contributed by atoms with Crippen molar-refractivity contribution in [2.75, 3.05) is 18.4 Å². The third kappa shape index (κ3) is 6.75. The van der Waals surface area contributed by atoms with Gasteiger partial charge < -0.3 is 29.9 Å². The number of aromatic hydroxyl groups is 2. The van der Waals surface area contributed by atoms with Gasteiger partial charge in [-0.15, -0.1) is 0 Å². The molecule has 0 aromatic heterocycles. The third-order valence-corrected chi connectivity index (χ3v) is 14.2. The number of sulfone groups is 1. The number of ether oxygens (including phenoxy) is 2. The summed E-state index contributed by atoms with van der Waals surface area (Å²) in [6.07, 6.45) is 0.799. The Hall–Kier alpha value is -5.55. The number of nitrogens with zero attached hydrogens (tertiary/aromatic N) is 1. The molecule has 1 saturated heterocycles. The molecule has 1 spiro atoms. The molecule has 294 valence electrons. The number of sulfonamides is 1. The van der Waals surface area contributed by atoms with Crippen molar-refractivity contribution < 1.29 is 45.7 Å². The number of phenolic OH excluding ortho intramolecular Hbond substituents is 2. The standard InChI is InChI=1S/C41H36FN3O9S3/c1-23(2)31-11-10-30(56(49,50)29-8-3-24(42)4-9-29)22-38(31)57(51,52)44-25-15-17-45(18-16-25)40(55)43-26-5-12-33-32(19-26)39(48)54-41(33)34-13-6-27(46)20-36(34)53-37-21-28(47)7-14-35(37)41/h3-14,19-23,25,44,46-47H,15-18H2,1-2H3,(H,43,55). The lowest BCUT2D eigenvalue weighted by Crippen LogP contribution is -2.47. The van der Waals surface area contributed by atoms with Crippen molar-refractivity contribution in [3.8, 4) is 23.0 Å². The van der Waals surface area contributed by atoms with Gasteiger partial charge in [0.15, 0.2) is 10.7 Å². The first-order valence-electron chi connectivity index (χ1n) is 18.0. The lowest BCUT2D eigenvalue weighted by atomic mass is 9.77. The number of benzene rings is 5. The molecule has 57 heavy (non-hydrogen) atoms. The molecule has 3 aliphatic heterocycles. The summed E-state index contributed by atoms with van der Waals surface area (Å²) in [7, 11) is -8.31. The zero-order chi connectivity index (χ0) is 40.4. The maximum absolute atomic E-state index is 13.9. The van der Waals surface area contributed by atoms with E-state index in [1.807, 2.05) is 18.7 Å². The Bertz CT molecular complexity index is 2650. The van der Waals surface area contributed by atoms with Gasteiger partial charge in [0.1, 0.15) is 28.8 Å². The average Bonchev–Trinajstić information content (AvgIpc) is 3.45. The predicted molar refractivity (Wildman–Crippen MR) is 212 cm³/mol. The Morgan fingerprint density at radius 2 is 1.42 bits per heavy atom. The predicted octanol–water partition coefficient (Wildman–Crippen LogP) is 6.90. The van der Waals surface area contributed by atoms with E-state index in [1.165, 1.54) is 36.4 Å². The number of carbonyl (C=O) groups excluding carboxylic acids is 1. The summed E-state index contributed by atoms with van der Waals surface area (Å²) in [5, 5.41) is 23.9. The minimum absolute atomic E-state index is 0.0470. The van der Waals surface area contributed by atoms with Crippen LogP contribution in [0.2, 0.25) is 0 Å². The van der Waals surface area contributed by atoms with Crippen LogP contribution in [0.5, 0.6) is 23.0 Å². The molecular formula is C41H36FN3O9S3. The number of hydrogen-bond donors (Lipinski definition) is 4. The first-order chi connectivity index (χ1) is 27.1. The first-order valence-corrected chi connectivity index (χ1v) is 21.4. The quantitative estimate of drug-likeness (QED) is 0.0761. The van der Waals surface area contributed by atoms with E-state index in [2.05, 4.69) is 10.0 Å². The Morgan fingerprint density at radius 1 is 0.825 bits per heavy atom. The lowest BCUT2D eigenvalue weighted by molar-refractivity contribution is 0.0224. The lowest BCUT2D eigenvalue weighted by Gasteiger charge is -2.36. The number of nitrogens with one attached hydrogen (secondary N) is 2. The van der Waals surface area contributed by atoms with E-state index >= 15 is 0 Å². The largest absolute Gasteiger partial charge is 0.508 e. The molecule has 16 heteroatoms. The number of anilines is 1. The highest BCUT2D eigenvalue weighted by Gasteiger charge is 2.53. The number of esters is 1. The molecule has 5 aromatic rings. The SMILES string of the molecule is CC(C)c1ccc(S(=O)(=O)c2ccc(F)cc2)cc1S(=O)(=O)NC1CCN(C(=S)Nc2ccc3c(c2)C(=O)OC32c3ccc(O)cc3Oc3cc(O)ccc32)CC1. The highest BCUT2D eigenvalue weighted by atomic mass is 32.2. The minimum atomic E-state index is -4.18. The number of likely N-dealkylation sites (tertiary alicyclic amines) is 1. The highest BCUT2D eigenvalue weighted by molar-refractivity contribution is 7.91. The molecule has 12 nitrogen and oxygen atoms in total. The molecule has 1 fully saturated rings. The van der Waals surface area contributed by atoms with E-state index in [1.54, 1.807) is 30.3 Å². The molecule has 8 rings (SSSR count). The maximum Gasteiger partial charge on any atom is 0.340 e. The van der Waals surface area contributed by atoms with Gasteiger partial charge >= 0.3 is 5.97 Å². The van der Waals surface area contributed by atoms with E-state index < -0.39 is 43.3 Å². The molecule has 0 amide bonds. The monoisotopic (exact) mass is 829 g/mol. The maximum atomic E-state index is 13.9. The van der Waals surface area contributed by atoms with Gasteiger partial charge in [0, 0.05) is 53.6 Å². The summed E-state index contributed by atoms with van der Waals surface area (Å²) in [6, 6.07) is 22.1. The zero-order valence-electron chi connectivity index (χ0n) is 30.5. The van der Waals surface area contributed by atoms with Gasteiger partial charge in [-0.1, -0.05) is 26.0 Å². The summed E-state index contributed by atoms with van der Waals surface area (Å²) in [5.41, 5.74) is 1.41. The summed E-state index contributed by atoms with van der Waals surface area (Å²) in [5.74, 6) is -0.972. The smallest absolute Gasteiger partial charge is 0.340 e. The van der Waals surface area contributed by atoms with E-state index in [0.29, 0.717) is 59.0 Å². The number of carbonyl (C=O) groups is 1. The summed E-state index contributed by atoms with van der Waals surface area (Å²) in [4.78, 5) is 14.9. The molecule has 3 aliphatic rings. The fraction of sp³-hybridized carbons (Fsp3) is 0.220. The van der Waals surface area contributed by atoms with Crippen LogP contribution in [0.4, 0.5) is 10.1 Å². The normalized spacial score (nSPS) is 16.1. The molecule has 3 heterocycles. The van der Waals surface area contributed by atoms with Gasteiger partial charge in [0.2, 0.25) is 19.9 Å². The molecule has 4 N–H and O–H groups in total. The molecular weight excluding hydrogens is 794 g/mol. The van der Waals surface area contributed by atoms with Crippen molar-refractivity contribution in [3.05, 3.63) is 131 Å². The van der Waals surface area contributed by atoms with Crippen LogP contribution in [0.1, 0.15) is 65.2 Å². The van der Waals surface area contributed by atoms with Gasteiger partial charge in [-0.3, -0.25) is 0 Å². The molecule has 0 radical (unpaired) electrons. The second-order valence-electron chi connectivity index (χ2n) is 14.4. The van der Waals surface area contributed by atoms with E-state index in [9.17, 15) is 36.2 Å². The average molecular weight is 830 g/mol. The summed E-state index contributed by atoms with van der Waals surface area (Å²) in [6.45, 7) is 4.44. The van der Waals surface area contributed by atoms with Crippen LogP contribution in [0.3, 0.4) is 0 Å². The first kappa shape index (κ1) is 38.3. The van der Waals surface area contributed by atoms with Crippen LogP contribution in [0.25, 0.3) is 0 Å². The Balaban J connectivity index is 0.975. The van der Waals surface area contributed by atoms with Crippen molar-refractivity contribution in [2.45, 2.75) is 58.9 Å². The zero-order valence-corrected chi connectivity index (χ0v) is 33.0. The second-order valence-corrected chi connectivity index (χ2v) is 18.4. The van der Waals surface area contributed by atoms with E-state index in [0.717, 1.165) is 30.3 Å². The molecule has 0 saturated carbocycles. The third-order valence-electron chi connectivity index (χ3n) is 10.5. The van der Waals surface area contributed by atoms with Crippen LogP contribution >= 0.6 is 12.2 Å². The van der Waals surface area contributed by atoms with Crippen molar-refractivity contribution in [2.24, 2.45) is 0 Å². The van der Waals surface area contributed by atoms with Crippen molar-refractivity contribution in [1.29, 1.82) is 0 Å². The number of phenols is 2. The fourth-order valence-electron chi connectivity index (χ4n) is 7.61. The van der Waals surface area contributed by atoms with Gasteiger partial charge in [-0.2, -0.15) is 0 Å². The minimum Gasteiger partial charge on any atom is -0.508 e. The van der Waals surface area contributed by atoms with E-state index in [-0.39, 0.29) is 49.2 Å². The van der Waals surface area contributed by atoms with Gasteiger partial charge in [0.25, 0.3) is 0 Å². The van der Waals surface area contributed by atoms with Gasteiger partial charge in [-0.25, -0.2) is 30.7 Å². The van der Waals surface area contributed by atoms with Crippen LogP contribution in [0.15, 0.2) is 112 Å². The molecule has 5 aromatic carbocycles. The number of thiocarbonyl (C=S) groups is 1. The van der Waals surface area contributed by atoms with Gasteiger partial charge in [-0.05, 0) is 109 Å². The number of piperidine rings is 1. The Labute approximate surface area is 333 Å². The van der Waals surface area contributed by atoms with Crippen molar-refractivity contribution >= 4 is 48.8 Å². The van der Waals surface area contributed by atoms with Crippen LogP contribution in [0, 0.1) is 5.82 Å². The summed E-state index contributed by atoms with van der Waals surface area (Å²) < 4.78 is 82.9. The van der Waals surface area contributed by atoms with Crippen molar-refractivity contribution in [3.63, 3.8) is 0 Å². The van der Waals surface area contributed by atoms with Gasteiger partial charge in [0.05, 0.1) is 20.2 Å². The van der Waals surface area contributed by atoms with Crippen LogP contribution in [-0.4, -0.2) is 62.2 Å². The highest BCUT2D eigenvalue weighted by Crippen LogP contribution is 2.57. The van der Waals surface area contributed by atoms with E-state index in [4.69, 9.17) is 21.7 Å². The van der Waals surface area contributed by atoms with Crippen LogP contribution < -0.4 is 14.8 Å². The summed E-state index contributed by atoms with van der Waals surface area (Å²) >= 11 is 5.75. The van der Waals surface area contributed by atoms with Crippen molar-refractivity contribution in [1.82, 2.24) is 9.62 Å². The second kappa shape index (κ2) is 14.1. The molecule has 0 aliphatic carbocycles. The number of hydrogen-bond acceptors (Lipinski definition) is 10. The van der Waals surface area contributed by atoms with Crippen LogP contribution in [-0.2, 0) is 30.2 Å². The topological polar surface area (TPSA) is 172 Å². The molecule has 0 unspecified atom stereocenters. The number of rotatable bonds is 7. The fourth-order valence-corrected chi connectivity index (χ4v) is 11.0. The molecule has 0 atom stereocenters. The molecule has 0 bridgehead atoms. The Morgan fingerprint density at radius 3 is 2.04 bits per heavy atom. The number of fused-ring (bicyclic) bond motifs is 6.